The van der Waals surface area contributed by atoms with Gasteiger partial charge in [0.1, 0.15) is 5.60 Å². The number of hydrogen-bond donors (Lipinski definition) is 0. The van der Waals surface area contributed by atoms with Gasteiger partial charge in [-0.2, -0.15) is 0 Å². The predicted octanol–water partition coefficient (Wildman–Crippen LogP) is 5.48. The van der Waals surface area contributed by atoms with E-state index in [4.69, 9.17) is 9.16 Å². The number of benzene rings is 1. The van der Waals surface area contributed by atoms with E-state index in [1.165, 1.54) is 4.90 Å². The molecule has 0 bridgehead atoms. The zero-order valence-electron chi connectivity index (χ0n) is 18.8. The van der Waals surface area contributed by atoms with Crippen molar-refractivity contribution in [1.82, 2.24) is 4.90 Å². The summed E-state index contributed by atoms with van der Waals surface area (Å²) in [4.78, 5) is 27.4. The fourth-order valence-electron chi connectivity index (χ4n) is 3.75. The molecule has 2 rings (SSSR count). The Labute approximate surface area is 185 Å². The van der Waals surface area contributed by atoms with Crippen molar-refractivity contribution in [2.75, 3.05) is 0 Å². The molecule has 2 amide bonds. The SMILES string of the molecule is C[SiH](C)OC(C1C(c2ccc(Br)cc2)CC(=O)N1C(=O)OC(C)(C)C)C(C)(C)C. The first-order valence-electron chi connectivity index (χ1n) is 10.2. The van der Waals surface area contributed by atoms with Gasteiger partial charge in [0, 0.05) is 16.8 Å². The summed E-state index contributed by atoms with van der Waals surface area (Å²) in [7, 11) is -1.43. The van der Waals surface area contributed by atoms with E-state index in [9.17, 15) is 9.59 Å². The van der Waals surface area contributed by atoms with Crippen LogP contribution in [0, 0.1) is 5.41 Å². The van der Waals surface area contributed by atoms with Crippen LogP contribution in [0.25, 0.3) is 0 Å². The standard InChI is InChI=1S/C22H34BrNO4Si/c1-21(2,3)19(28-29(7)8)18-16(14-9-11-15(23)12-10-14)13-17(25)24(18)20(26)27-22(4,5)6/h9-12,16,18-19,29H,13H2,1-8H3. The molecule has 0 spiro atoms. The van der Waals surface area contributed by atoms with Gasteiger partial charge in [0.15, 0.2) is 9.04 Å². The van der Waals surface area contributed by atoms with Crippen LogP contribution in [-0.2, 0) is 14.0 Å². The van der Waals surface area contributed by atoms with Gasteiger partial charge in [0.2, 0.25) is 5.91 Å². The van der Waals surface area contributed by atoms with Gasteiger partial charge in [0.25, 0.3) is 0 Å². The number of ether oxygens (including phenoxy) is 1. The number of hydrogen-bond acceptors (Lipinski definition) is 4. The molecule has 0 aromatic heterocycles. The fourth-order valence-corrected chi connectivity index (χ4v) is 5.17. The Balaban J connectivity index is 2.54. The van der Waals surface area contributed by atoms with Gasteiger partial charge >= 0.3 is 6.09 Å². The lowest BCUT2D eigenvalue weighted by molar-refractivity contribution is -0.130. The van der Waals surface area contributed by atoms with Crippen LogP contribution in [0.15, 0.2) is 28.7 Å². The molecule has 0 N–H and O–H groups in total. The molecule has 0 saturated carbocycles. The minimum atomic E-state index is -1.43. The Bertz CT molecular complexity index is 737. The molecular weight excluding hydrogens is 450 g/mol. The summed E-state index contributed by atoms with van der Waals surface area (Å²) < 4.78 is 13.0. The minimum Gasteiger partial charge on any atom is -0.443 e. The number of imide groups is 1. The molecular formula is C22H34BrNO4Si. The number of amides is 2. The second kappa shape index (κ2) is 8.90. The van der Waals surface area contributed by atoms with Gasteiger partial charge in [-0.05, 0) is 57.0 Å². The highest BCUT2D eigenvalue weighted by atomic mass is 79.9. The molecule has 1 fully saturated rings. The summed E-state index contributed by atoms with van der Waals surface area (Å²) in [6.07, 6.45) is -0.599. The van der Waals surface area contributed by atoms with Crippen molar-refractivity contribution in [3.05, 3.63) is 34.3 Å². The lowest BCUT2D eigenvalue weighted by Crippen LogP contribution is -2.54. The molecule has 1 aliphatic rings. The Morgan fingerprint density at radius 2 is 1.69 bits per heavy atom. The molecule has 0 radical (unpaired) electrons. The molecule has 3 atom stereocenters. The second-order valence-corrected chi connectivity index (χ2v) is 13.4. The van der Waals surface area contributed by atoms with Crippen molar-refractivity contribution in [2.24, 2.45) is 5.41 Å². The molecule has 0 aliphatic carbocycles. The lowest BCUT2D eigenvalue weighted by atomic mass is 9.78. The van der Waals surface area contributed by atoms with Crippen molar-refractivity contribution in [1.29, 1.82) is 0 Å². The van der Waals surface area contributed by atoms with Crippen molar-refractivity contribution < 1.29 is 18.8 Å². The van der Waals surface area contributed by atoms with Crippen LogP contribution in [0.4, 0.5) is 4.79 Å². The van der Waals surface area contributed by atoms with Crippen molar-refractivity contribution in [3.63, 3.8) is 0 Å². The Morgan fingerprint density at radius 1 is 1.14 bits per heavy atom. The number of carbonyl (C=O) groups excluding carboxylic acids is 2. The summed E-state index contributed by atoms with van der Waals surface area (Å²) in [6, 6.07) is 7.56. The van der Waals surface area contributed by atoms with Gasteiger partial charge in [-0.15, -0.1) is 0 Å². The number of carbonyl (C=O) groups is 2. The zero-order valence-corrected chi connectivity index (χ0v) is 21.5. The first-order valence-corrected chi connectivity index (χ1v) is 13.7. The van der Waals surface area contributed by atoms with Crippen LogP contribution in [0.1, 0.15) is 59.4 Å². The van der Waals surface area contributed by atoms with Gasteiger partial charge in [-0.1, -0.05) is 48.8 Å². The number of likely N-dealkylation sites (tertiary alicyclic amines) is 1. The van der Waals surface area contributed by atoms with Crippen molar-refractivity contribution >= 4 is 37.0 Å². The highest BCUT2D eigenvalue weighted by Gasteiger charge is 2.52. The molecule has 5 nitrogen and oxygen atoms in total. The molecule has 1 heterocycles. The van der Waals surface area contributed by atoms with E-state index < -0.39 is 26.8 Å². The molecule has 1 aromatic rings. The molecule has 1 aromatic carbocycles. The van der Waals surface area contributed by atoms with Gasteiger partial charge in [-0.25, -0.2) is 9.69 Å². The number of halogens is 1. The van der Waals surface area contributed by atoms with Crippen LogP contribution >= 0.6 is 15.9 Å². The maximum atomic E-state index is 13.1. The smallest absolute Gasteiger partial charge is 0.417 e. The van der Waals surface area contributed by atoms with E-state index in [2.05, 4.69) is 49.8 Å². The summed E-state index contributed by atoms with van der Waals surface area (Å²) >= 11 is 3.47. The minimum absolute atomic E-state index is 0.139. The quantitative estimate of drug-likeness (QED) is 0.531. The first-order chi connectivity index (χ1) is 13.2. The highest BCUT2D eigenvalue weighted by molar-refractivity contribution is 9.10. The monoisotopic (exact) mass is 483 g/mol. The summed E-state index contributed by atoms with van der Waals surface area (Å²) in [5.41, 5.74) is 0.101. The lowest BCUT2D eigenvalue weighted by Gasteiger charge is -2.42. The molecule has 1 saturated heterocycles. The van der Waals surface area contributed by atoms with Crippen LogP contribution < -0.4 is 0 Å². The second-order valence-electron chi connectivity index (χ2n) is 10.1. The molecule has 162 valence electrons. The van der Waals surface area contributed by atoms with E-state index in [0.717, 1.165) is 10.0 Å². The molecule has 3 unspecified atom stereocenters. The Kier molecular flexibility index (Phi) is 7.39. The average molecular weight is 485 g/mol. The first kappa shape index (κ1) is 24.1. The summed E-state index contributed by atoms with van der Waals surface area (Å²) in [5.74, 6) is -0.347. The van der Waals surface area contributed by atoms with Crippen LogP contribution in [0.2, 0.25) is 13.1 Å². The third-order valence-electron chi connectivity index (χ3n) is 4.84. The van der Waals surface area contributed by atoms with E-state index in [1.807, 2.05) is 45.0 Å². The topological polar surface area (TPSA) is 55.8 Å². The fraction of sp³-hybridized carbons (Fsp3) is 0.636. The Hall–Kier alpha value is -1.18. The van der Waals surface area contributed by atoms with Crippen LogP contribution in [0.5, 0.6) is 0 Å². The van der Waals surface area contributed by atoms with Crippen molar-refractivity contribution in [3.8, 4) is 0 Å². The van der Waals surface area contributed by atoms with Gasteiger partial charge in [-0.3, -0.25) is 4.79 Å². The summed E-state index contributed by atoms with van der Waals surface area (Å²) in [5, 5.41) is 0. The van der Waals surface area contributed by atoms with E-state index in [-0.39, 0.29) is 29.8 Å². The van der Waals surface area contributed by atoms with E-state index in [0.29, 0.717) is 0 Å². The third kappa shape index (κ3) is 6.15. The van der Waals surface area contributed by atoms with E-state index >= 15 is 0 Å². The molecule has 7 heteroatoms. The largest absolute Gasteiger partial charge is 0.443 e. The third-order valence-corrected chi connectivity index (χ3v) is 6.21. The molecule has 29 heavy (non-hydrogen) atoms. The van der Waals surface area contributed by atoms with Crippen LogP contribution in [0.3, 0.4) is 0 Å². The highest BCUT2D eigenvalue weighted by Crippen LogP contribution is 2.43. The normalized spacial score (nSPS) is 21.6. The predicted molar refractivity (Wildman–Crippen MR) is 122 cm³/mol. The van der Waals surface area contributed by atoms with Crippen molar-refractivity contribution in [2.45, 2.75) is 84.7 Å². The Morgan fingerprint density at radius 3 is 2.14 bits per heavy atom. The maximum absolute atomic E-state index is 13.1. The van der Waals surface area contributed by atoms with E-state index in [1.54, 1.807) is 0 Å². The van der Waals surface area contributed by atoms with Gasteiger partial charge < -0.3 is 9.16 Å². The summed E-state index contributed by atoms with van der Waals surface area (Å²) in [6.45, 7) is 16.0. The maximum Gasteiger partial charge on any atom is 0.417 e. The zero-order chi connectivity index (χ0) is 22.1. The average Bonchev–Trinajstić information content (AvgIpc) is 2.87. The molecule has 1 aliphatic heterocycles. The van der Waals surface area contributed by atoms with Gasteiger partial charge in [0.05, 0.1) is 12.1 Å². The number of rotatable bonds is 4. The van der Waals surface area contributed by atoms with Crippen LogP contribution in [-0.4, -0.2) is 43.7 Å². The number of nitrogens with zero attached hydrogens (tertiary/aromatic N) is 1.